The van der Waals surface area contributed by atoms with Crippen molar-refractivity contribution in [3.8, 4) is 5.75 Å². The second-order valence-electron chi connectivity index (χ2n) is 7.01. The van der Waals surface area contributed by atoms with E-state index in [0.717, 1.165) is 17.1 Å². The van der Waals surface area contributed by atoms with Gasteiger partial charge in [0.25, 0.3) is 17.7 Å². The summed E-state index contributed by atoms with van der Waals surface area (Å²) in [6.07, 6.45) is 3.10. The third kappa shape index (κ3) is 8.09. The average Bonchev–Trinajstić information content (AvgIpc) is 3.10. The summed E-state index contributed by atoms with van der Waals surface area (Å²) in [4.78, 5) is 70.2. The minimum atomic E-state index is -1.26. The van der Waals surface area contributed by atoms with E-state index in [2.05, 4.69) is 10.6 Å². The molecule has 4 amide bonds. The molecule has 1 aliphatic heterocycles. The van der Waals surface area contributed by atoms with E-state index in [1.165, 1.54) is 24.3 Å². The van der Waals surface area contributed by atoms with Gasteiger partial charge in [-0.2, -0.15) is 0 Å². The molecule has 0 aromatic heterocycles. The zero-order valence-corrected chi connectivity index (χ0v) is 17.5. The van der Waals surface area contributed by atoms with Crippen molar-refractivity contribution in [2.75, 3.05) is 19.7 Å². The van der Waals surface area contributed by atoms with Gasteiger partial charge in [-0.25, -0.2) is 9.59 Å². The maximum Gasteiger partial charge on any atom is 0.341 e. The van der Waals surface area contributed by atoms with Gasteiger partial charge in [0.2, 0.25) is 5.91 Å². The van der Waals surface area contributed by atoms with Gasteiger partial charge in [0.1, 0.15) is 11.8 Å². The van der Waals surface area contributed by atoms with Crippen LogP contribution in [0.2, 0.25) is 0 Å². The average molecular weight is 461 g/mol. The first-order valence-electron chi connectivity index (χ1n) is 9.96. The Hall–Kier alpha value is -4.22. The van der Waals surface area contributed by atoms with Crippen molar-refractivity contribution in [2.24, 2.45) is 0 Å². The van der Waals surface area contributed by atoms with Crippen molar-refractivity contribution in [1.29, 1.82) is 0 Å². The van der Waals surface area contributed by atoms with Gasteiger partial charge in [-0.15, -0.1) is 0 Å². The van der Waals surface area contributed by atoms with Gasteiger partial charge >= 0.3 is 11.9 Å². The number of benzene rings is 1. The van der Waals surface area contributed by atoms with Crippen LogP contribution in [0.25, 0.3) is 0 Å². The number of carboxylic acids is 2. The molecule has 0 fully saturated rings. The van der Waals surface area contributed by atoms with E-state index in [1.807, 2.05) is 0 Å². The Morgan fingerprint density at radius 3 is 2.36 bits per heavy atom. The normalized spacial score (nSPS) is 13.5. The van der Waals surface area contributed by atoms with E-state index in [9.17, 15) is 33.9 Å². The number of carbonyl (C=O) groups is 6. The van der Waals surface area contributed by atoms with E-state index in [-0.39, 0.29) is 24.3 Å². The monoisotopic (exact) mass is 461 g/mol. The number of carbonyl (C=O) groups excluding carboxylic acids is 4. The predicted octanol–water partition coefficient (Wildman–Crippen LogP) is -0.455. The number of unbranched alkanes of at least 4 members (excludes halogenated alkanes) is 1. The number of aliphatic carboxylic acids is 2. The Morgan fingerprint density at radius 2 is 1.73 bits per heavy atom. The molecule has 1 atom stereocenters. The van der Waals surface area contributed by atoms with Gasteiger partial charge in [0, 0.05) is 24.3 Å². The van der Waals surface area contributed by atoms with E-state index in [4.69, 9.17) is 9.84 Å². The van der Waals surface area contributed by atoms with Gasteiger partial charge < -0.3 is 25.6 Å². The molecule has 0 spiro atoms. The maximum atomic E-state index is 12.2. The summed E-state index contributed by atoms with van der Waals surface area (Å²) in [7, 11) is 0. The van der Waals surface area contributed by atoms with Crippen LogP contribution in [0.1, 0.15) is 29.6 Å². The first kappa shape index (κ1) is 25.0. The molecular formula is C21H23N3O9. The minimum absolute atomic E-state index is 0.0711. The lowest BCUT2D eigenvalue weighted by Gasteiger charge is -2.16. The Labute approximate surface area is 188 Å². The van der Waals surface area contributed by atoms with Crippen LogP contribution in [0.3, 0.4) is 0 Å². The third-order valence-corrected chi connectivity index (χ3v) is 4.53. The van der Waals surface area contributed by atoms with Gasteiger partial charge in [-0.05, 0) is 37.5 Å². The standard InChI is InChI=1S/C21H23N3O9/c25-16(11-22-20(30)13-4-3-5-14(10-13)33-12-19(28)29)23-15(21(31)32)6-1-2-9-24-17(26)7-8-18(24)27/h3-5,7-8,10,15H,1-2,6,9,11-12H2,(H,22,30)(H,23,25)(H,28,29)(H,31,32)/t15-/m0/s1. The van der Waals surface area contributed by atoms with Crippen LogP contribution < -0.4 is 15.4 Å². The summed E-state index contributed by atoms with van der Waals surface area (Å²) in [6, 6.07) is 4.49. The smallest absolute Gasteiger partial charge is 0.341 e. The molecule has 33 heavy (non-hydrogen) atoms. The first-order valence-corrected chi connectivity index (χ1v) is 9.96. The quantitative estimate of drug-likeness (QED) is 0.223. The number of ether oxygens (including phenoxy) is 1. The first-order chi connectivity index (χ1) is 15.7. The van der Waals surface area contributed by atoms with E-state index < -0.39 is 54.8 Å². The molecule has 0 aliphatic carbocycles. The van der Waals surface area contributed by atoms with E-state index >= 15 is 0 Å². The SMILES string of the molecule is O=C(O)COc1cccc(C(=O)NCC(=O)N[C@@H](CCCCN2C(=O)C=CC2=O)C(=O)O)c1. The van der Waals surface area contributed by atoms with Crippen molar-refractivity contribution in [2.45, 2.75) is 25.3 Å². The zero-order chi connectivity index (χ0) is 24.4. The highest BCUT2D eigenvalue weighted by Crippen LogP contribution is 2.13. The van der Waals surface area contributed by atoms with Crippen molar-refractivity contribution >= 4 is 35.6 Å². The summed E-state index contributed by atoms with van der Waals surface area (Å²) in [6.45, 7) is -0.910. The number of amides is 4. The number of nitrogens with one attached hydrogen (secondary N) is 2. The molecule has 0 radical (unpaired) electrons. The second kappa shape index (κ2) is 12.0. The summed E-state index contributed by atoms with van der Waals surface area (Å²) in [5.41, 5.74) is 0.126. The Kier molecular flexibility index (Phi) is 9.09. The molecule has 0 saturated carbocycles. The van der Waals surface area contributed by atoms with Crippen LogP contribution >= 0.6 is 0 Å². The van der Waals surface area contributed by atoms with Crippen molar-refractivity contribution in [3.63, 3.8) is 0 Å². The van der Waals surface area contributed by atoms with E-state index in [1.54, 1.807) is 0 Å². The molecule has 4 N–H and O–H groups in total. The number of hydrogen-bond acceptors (Lipinski definition) is 7. The highest BCUT2D eigenvalue weighted by molar-refractivity contribution is 6.12. The second-order valence-corrected chi connectivity index (χ2v) is 7.01. The molecule has 1 aliphatic rings. The molecule has 1 aromatic rings. The molecule has 1 heterocycles. The number of carboxylic acid groups (broad SMARTS) is 2. The molecular weight excluding hydrogens is 438 g/mol. The van der Waals surface area contributed by atoms with Crippen molar-refractivity contribution in [1.82, 2.24) is 15.5 Å². The topological polar surface area (TPSA) is 179 Å². The van der Waals surface area contributed by atoms with Crippen molar-refractivity contribution in [3.05, 3.63) is 42.0 Å². The Bertz CT molecular complexity index is 955. The number of nitrogens with zero attached hydrogens (tertiary/aromatic N) is 1. The molecule has 1 aromatic carbocycles. The van der Waals surface area contributed by atoms with Crippen LogP contribution in [0.4, 0.5) is 0 Å². The number of hydrogen-bond donors (Lipinski definition) is 4. The van der Waals surface area contributed by atoms with Crippen LogP contribution in [0.15, 0.2) is 36.4 Å². The van der Waals surface area contributed by atoms with Crippen LogP contribution in [-0.4, -0.2) is 76.4 Å². The highest BCUT2D eigenvalue weighted by atomic mass is 16.5. The van der Waals surface area contributed by atoms with Crippen LogP contribution in [0.5, 0.6) is 5.75 Å². The highest BCUT2D eigenvalue weighted by Gasteiger charge is 2.24. The minimum Gasteiger partial charge on any atom is -0.482 e. The summed E-state index contributed by atoms with van der Waals surface area (Å²) in [5, 5.41) is 22.6. The van der Waals surface area contributed by atoms with Gasteiger partial charge in [-0.3, -0.25) is 24.1 Å². The van der Waals surface area contributed by atoms with Crippen LogP contribution in [0, 0.1) is 0 Å². The molecule has 2 rings (SSSR count). The number of imide groups is 1. The summed E-state index contributed by atoms with van der Waals surface area (Å²) >= 11 is 0. The molecule has 12 nitrogen and oxygen atoms in total. The third-order valence-electron chi connectivity index (χ3n) is 4.53. The predicted molar refractivity (Wildman–Crippen MR) is 111 cm³/mol. The molecule has 0 unspecified atom stereocenters. The summed E-state index contributed by atoms with van der Waals surface area (Å²) < 4.78 is 4.99. The van der Waals surface area contributed by atoms with Gasteiger partial charge in [0.15, 0.2) is 6.61 Å². The fraction of sp³-hybridized carbons (Fsp3) is 0.333. The fourth-order valence-electron chi connectivity index (χ4n) is 2.91. The Balaban J connectivity index is 1.76. The van der Waals surface area contributed by atoms with Crippen LogP contribution in [-0.2, 0) is 24.0 Å². The molecule has 0 bridgehead atoms. The number of rotatable bonds is 13. The van der Waals surface area contributed by atoms with Crippen molar-refractivity contribution < 1.29 is 43.7 Å². The van der Waals surface area contributed by atoms with Gasteiger partial charge in [0.05, 0.1) is 6.54 Å². The summed E-state index contributed by atoms with van der Waals surface area (Å²) in [5.74, 6) is -4.46. The zero-order valence-electron chi connectivity index (χ0n) is 17.5. The molecule has 176 valence electrons. The Morgan fingerprint density at radius 1 is 1.03 bits per heavy atom. The maximum absolute atomic E-state index is 12.2. The molecule has 0 saturated heterocycles. The van der Waals surface area contributed by atoms with E-state index in [0.29, 0.717) is 12.8 Å². The van der Waals surface area contributed by atoms with Gasteiger partial charge in [-0.1, -0.05) is 6.07 Å². The fourth-order valence-corrected chi connectivity index (χ4v) is 2.91. The largest absolute Gasteiger partial charge is 0.482 e. The lowest BCUT2D eigenvalue weighted by atomic mass is 10.1. The lowest BCUT2D eigenvalue weighted by molar-refractivity contribution is -0.142. The lowest BCUT2D eigenvalue weighted by Crippen LogP contribution is -2.45. The molecule has 12 heteroatoms.